The monoisotopic (exact) mass is 138 g/mol. The Morgan fingerprint density at radius 2 is 2.10 bits per heavy atom. The van der Waals surface area contributed by atoms with Gasteiger partial charge in [0.05, 0.1) is 0 Å². The maximum Gasteiger partial charge on any atom is 0.133 e. The molecule has 3 atom stereocenters. The highest BCUT2D eigenvalue weighted by atomic mass is 16.1. The SMILES string of the molecule is CC(=O)C1C[C@@H]2CC[C@@H]1C2. The van der Waals surface area contributed by atoms with Crippen LogP contribution >= 0.6 is 0 Å². The van der Waals surface area contributed by atoms with Crippen molar-refractivity contribution in [2.45, 2.75) is 32.6 Å². The molecule has 2 aliphatic rings. The quantitative estimate of drug-likeness (QED) is 0.541. The van der Waals surface area contributed by atoms with Crippen molar-refractivity contribution < 1.29 is 4.79 Å². The first-order valence-electron chi connectivity index (χ1n) is 4.28. The average Bonchev–Trinajstić information content (AvgIpc) is 2.44. The van der Waals surface area contributed by atoms with Crippen LogP contribution in [0.5, 0.6) is 0 Å². The van der Waals surface area contributed by atoms with Crippen molar-refractivity contribution in [3.8, 4) is 0 Å². The van der Waals surface area contributed by atoms with Crippen LogP contribution in [0.2, 0.25) is 0 Å². The largest absolute Gasteiger partial charge is 0.300 e. The molecule has 0 spiro atoms. The predicted molar refractivity (Wildman–Crippen MR) is 39.6 cm³/mol. The molecule has 0 saturated heterocycles. The number of fused-ring (bicyclic) bond motifs is 2. The first kappa shape index (κ1) is 6.38. The van der Waals surface area contributed by atoms with Gasteiger partial charge in [-0.25, -0.2) is 0 Å². The lowest BCUT2D eigenvalue weighted by molar-refractivity contribution is -0.122. The van der Waals surface area contributed by atoms with E-state index in [1.165, 1.54) is 25.7 Å². The summed E-state index contributed by atoms with van der Waals surface area (Å²) in [6, 6.07) is 0. The predicted octanol–water partition coefficient (Wildman–Crippen LogP) is 2.01. The Hall–Kier alpha value is -0.330. The van der Waals surface area contributed by atoms with Gasteiger partial charge in [-0.15, -0.1) is 0 Å². The molecule has 2 bridgehead atoms. The Morgan fingerprint density at radius 1 is 1.30 bits per heavy atom. The highest BCUT2D eigenvalue weighted by Gasteiger charge is 2.41. The number of Topliss-reactive ketones (excluding diaryl/α,β-unsaturated/α-hetero) is 1. The molecule has 10 heavy (non-hydrogen) atoms. The van der Waals surface area contributed by atoms with E-state index in [-0.39, 0.29) is 0 Å². The van der Waals surface area contributed by atoms with Crippen LogP contribution in [0.15, 0.2) is 0 Å². The van der Waals surface area contributed by atoms with E-state index in [9.17, 15) is 4.79 Å². The van der Waals surface area contributed by atoms with E-state index in [0.29, 0.717) is 11.7 Å². The highest BCUT2D eigenvalue weighted by molar-refractivity contribution is 5.79. The molecular formula is C9H14O. The Balaban J connectivity index is 2.08. The van der Waals surface area contributed by atoms with Gasteiger partial charge in [0.25, 0.3) is 0 Å². The molecule has 0 heterocycles. The van der Waals surface area contributed by atoms with Crippen LogP contribution in [0.3, 0.4) is 0 Å². The van der Waals surface area contributed by atoms with Crippen LogP contribution in [0, 0.1) is 17.8 Å². The smallest absolute Gasteiger partial charge is 0.133 e. The van der Waals surface area contributed by atoms with E-state index in [1.807, 2.05) is 0 Å². The molecule has 0 aromatic rings. The van der Waals surface area contributed by atoms with Gasteiger partial charge in [-0.2, -0.15) is 0 Å². The van der Waals surface area contributed by atoms with E-state index in [1.54, 1.807) is 6.92 Å². The molecule has 1 nitrogen and oxygen atoms in total. The number of carbonyl (C=O) groups excluding carboxylic acids is 1. The molecule has 2 aliphatic carbocycles. The lowest BCUT2D eigenvalue weighted by atomic mass is 9.86. The van der Waals surface area contributed by atoms with Gasteiger partial charge in [-0.05, 0) is 38.0 Å². The van der Waals surface area contributed by atoms with Gasteiger partial charge >= 0.3 is 0 Å². The van der Waals surface area contributed by atoms with Crippen LogP contribution in [0.4, 0.5) is 0 Å². The van der Waals surface area contributed by atoms with Gasteiger partial charge in [0, 0.05) is 5.92 Å². The fraction of sp³-hybridized carbons (Fsp3) is 0.889. The van der Waals surface area contributed by atoms with E-state index in [2.05, 4.69) is 0 Å². The zero-order valence-electron chi connectivity index (χ0n) is 6.47. The second-order valence-corrected chi connectivity index (χ2v) is 3.89. The normalized spacial score (nSPS) is 44.3. The third-order valence-corrected chi connectivity index (χ3v) is 3.26. The van der Waals surface area contributed by atoms with Crippen molar-refractivity contribution in [1.82, 2.24) is 0 Å². The molecule has 2 saturated carbocycles. The number of carbonyl (C=O) groups is 1. The van der Waals surface area contributed by atoms with E-state index in [0.717, 1.165) is 11.8 Å². The van der Waals surface area contributed by atoms with Gasteiger partial charge in [0.15, 0.2) is 0 Å². The summed E-state index contributed by atoms with van der Waals surface area (Å²) in [5, 5.41) is 0. The van der Waals surface area contributed by atoms with Crippen LogP contribution in [0.1, 0.15) is 32.6 Å². The number of rotatable bonds is 1. The molecule has 56 valence electrons. The minimum absolute atomic E-state index is 0.437. The minimum Gasteiger partial charge on any atom is -0.300 e. The average molecular weight is 138 g/mol. The van der Waals surface area contributed by atoms with Gasteiger partial charge < -0.3 is 0 Å². The number of hydrogen-bond acceptors (Lipinski definition) is 1. The molecule has 0 aromatic heterocycles. The van der Waals surface area contributed by atoms with Crippen molar-refractivity contribution in [2.24, 2.45) is 17.8 Å². The Kier molecular flexibility index (Phi) is 1.33. The van der Waals surface area contributed by atoms with Crippen molar-refractivity contribution in [1.29, 1.82) is 0 Å². The fourth-order valence-electron chi connectivity index (χ4n) is 2.74. The zero-order chi connectivity index (χ0) is 7.14. The molecule has 0 aromatic carbocycles. The Morgan fingerprint density at radius 3 is 2.40 bits per heavy atom. The number of hydrogen-bond donors (Lipinski definition) is 0. The second-order valence-electron chi connectivity index (χ2n) is 3.89. The van der Waals surface area contributed by atoms with Crippen molar-refractivity contribution in [3.05, 3.63) is 0 Å². The van der Waals surface area contributed by atoms with Gasteiger partial charge in [-0.1, -0.05) is 6.42 Å². The lowest BCUT2D eigenvalue weighted by Crippen LogP contribution is -2.17. The van der Waals surface area contributed by atoms with Gasteiger partial charge in [0.1, 0.15) is 5.78 Å². The summed E-state index contributed by atoms with van der Waals surface area (Å²) in [5.74, 6) is 2.59. The Bertz CT molecular complexity index is 162. The second kappa shape index (κ2) is 2.08. The van der Waals surface area contributed by atoms with Crippen molar-refractivity contribution in [3.63, 3.8) is 0 Å². The van der Waals surface area contributed by atoms with E-state index in [4.69, 9.17) is 0 Å². The van der Waals surface area contributed by atoms with E-state index >= 15 is 0 Å². The van der Waals surface area contributed by atoms with Crippen molar-refractivity contribution in [2.75, 3.05) is 0 Å². The summed E-state index contributed by atoms with van der Waals surface area (Å²) in [7, 11) is 0. The first-order valence-corrected chi connectivity index (χ1v) is 4.28. The molecule has 0 radical (unpaired) electrons. The molecule has 0 aliphatic heterocycles. The summed E-state index contributed by atoms with van der Waals surface area (Å²) in [4.78, 5) is 11.0. The van der Waals surface area contributed by atoms with E-state index < -0.39 is 0 Å². The summed E-state index contributed by atoms with van der Waals surface area (Å²) >= 11 is 0. The summed E-state index contributed by atoms with van der Waals surface area (Å²) < 4.78 is 0. The first-order chi connectivity index (χ1) is 4.77. The zero-order valence-corrected chi connectivity index (χ0v) is 6.47. The molecule has 2 rings (SSSR count). The summed E-state index contributed by atoms with van der Waals surface area (Å²) in [6.07, 6.45) is 5.29. The standard InChI is InChI=1S/C9H14O/c1-6(10)9-5-7-2-3-8(9)4-7/h7-9H,2-5H2,1H3/t7-,8-,9?/m1/s1. The third-order valence-electron chi connectivity index (χ3n) is 3.26. The highest BCUT2D eigenvalue weighted by Crippen LogP contribution is 2.48. The van der Waals surface area contributed by atoms with Crippen LogP contribution in [-0.2, 0) is 4.79 Å². The molecule has 0 amide bonds. The topological polar surface area (TPSA) is 17.1 Å². The Labute approximate surface area is 61.8 Å². The molecule has 1 heteroatoms. The van der Waals surface area contributed by atoms with Gasteiger partial charge in [-0.3, -0.25) is 4.79 Å². The lowest BCUT2D eigenvalue weighted by Gasteiger charge is -2.17. The minimum atomic E-state index is 0.437. The molecular weight excluding hydrogens is 124 g/mol. The maximum atomic E-state index is 11.0. The van der Waals surface area contributed by atoms with Crippen molar-refractivity contribution >= 4 is 5.78 Å². The van der Waals surface area contributed by atoms with Crippen LogP contribution in [0.25, 0.3) is 0 Å². The fourth-order valence-corrected chi connectivity index (χ4v) is 2.74. The molecule has 2 fully saturated rings. The maximum absolute atomic E-state index is 11.0. The summed E-state index contributed by atoms with van der Waals surface area (Å²) in [5.41, 5.74) is 0. The van der Waals surface area contributed by atoms with Crippen LogP contribution < -0.4 is 0 Å². The molecule has 1 unspecified atom stereocenters. The molecule has 0 N–H and O–H groups in total. The third kappa shape index (κ3) is 0.799. The van der Waals surface area contributed by atoms with Gasteiger partial charge in [0.2, 0.25) is 0 Å². The summed E-state index contributed by atoms with van der Waals surface area (Å²) in [6.45, 7) is 1.76. The number of ketones is 1. The van der Waals surface area contributed by atoms with Crippen LogP contribution in [-0.4, -0.2) is 5.78 Å².